The highest BCUT2D eigenvalue weighted by Gasteiger charge is 2.31. The van der Waals surface area contributed by atoms with Crippen LogP contribution in [0.2, 0.25) is 0 Å². The van der Waals surface area contributed by atoms with Crippen molar-refractivity contribution in [1.82, 2.24) is 10.3 Å². The maximum Gasteiger partial charge on any atom is 0.321 e. The molecule has 0 aromatic carbocycles. The van der Waals surface area contributed by atoms with Gasteiger partial charge in [0.05, 0.1) is 16.8 Å². The highest BCUT2D eigenvalue weighted by molar-refractivity contribution is 7.29. The predicted molar refractivity (Wildman–Crippen MR) is 78.2 cm³/mol. The van der Waals surface area contributed by atoms with Gasteiger partial charge in [-0.1, -0.05) is 11.3 Å². The van der Waals surface area contributed by atoms with Gasteiger partial charge in [0.1, 0.15) is 4.83 Å². The molecule has 3 rings (SSSR count). The van der Waals surface area contributed by atoms with Gasteiger partial charge in [-0.25, -0.2) is 9.78 Å². The van der Waals surface area contributed by atoms with Gasteiger partial charge < -0.3 is 10.1 Å². The van der Waals surface area contributed by atoms with E-state index in [0.29, 0.717) is 18.3 Å². The molecular weight excluding hydrogens is 282 g/mol. The van der Waals surface area contributed by atoms with Crippen LogP contribution in [0.25, 0.3) is 9.53 Å². The monoisotopic (exact) mass is 297 g/mol. The van der Waals surface area contributed by atoms with Crippen molar-refractivity contribution in [1.29, 1.82) is 0 Å². The average molecular weight is 297 g/mol. The fraction of sp³-hybridized carbons (Fsp3) is 0.500. The van der Waals surface area contributed by atoms with Gasteiger partial charge in [-0.05, 0) is 26.3 Å². The minimum Gasteiger partial charge on any atom is -0.379 e. The molecule has 0 radical (unpaired) electrons. The number of nitrogens with zero attached hydrogens (tertiary/aromatic N) is 1. The Morgan fingerprint density at radius 3 is 3.05 bits per heavy atom. The second kappa shape index (κ2) is 4.73. The van der Waals surface area contributed by atoms with E-state index in [2.05, 4.69) is 28.6 Å². The molecule has 0 spiro atoms. The average Bonchev–Trinajstić information content (AvgIpc) is 2.93. The Hall–Kier alpha value is -1.18. The molecule has 1 aliphatic heterocycles. The molecule has 1 fully saturated rings. The maximum absolute atomic E-state index is 11.9. The lowest BCUT2D eigenvalue weighted by Crippen LogP contribution is -2.48. The molecule has 3 heterocycles. The molecule has 2 aromatic heterocycles. The van der Waals surface area contributed by atoms with Crippen LogP contribution in [0.4, 0.5) is 9.93 Å². The van der Waals surface area contributed by atoms with E-state index in [4.69, 9.17) is 4.74 Å². The lowest BCUT2D eigenvalue weighted by molar-refractivity contribution is 0.172. The van der Waals surface area contributed by atoms with Crippen LogP contribution in [0.15, 0.2) is 6.07 Å². The summed E-state index contributed by atoms with van der Waals surface area (Å²) in [4.78, 5) is 18.6. The van der Waals surface area contributed by atoms with E-state index in [1.807, 2.05) is 6.92 Å². The number of rotatable bonds is 2. The summed E-state index contributed by atoms with van der Waals surface area (Å²) < 4.78 is 6.42. The number of carbonyl (C=O) groups is 1. The molecule has 102 valence electrons. The van der Waals surface area contributed by atoms with Gasteiger partial charge in [-0.2, -0.15) is 0 Å². The fourth-order valence-electron chi connectivity index (χ4n) is 2.07. The van der Waals surface area contributed by atoms with Gasteiger partial charge in [0.25, 0.3) is 0 Å². The van der Waals surface area contributed by atoms with Crippen molar-refractivity contribution < 1.29 is 9.53 Å². The zero-order valence-corrected chi connectivity index (χ0v) is 12.4. The van der Waals surface area contributed by atoms with Crippen LogP contribution in [0.1, 0.15) is 18.2 Å². The molecule has 2 amide bonds. The SMILES string of the molecule is Cc1cc2sc(NC(=O)N[C@]3(C)CCOC3)nc2s1. The molecule has 0 saturated carbocycles. The normalized spacial score (nSPS) is 22.8. The first-order chi connectivity index (χ1) is 9.04. The van der Waals surface area contributed by atoms with E-state index in [9.17, 15) is 4.79 Å². The van der Waals surface area contributed by atoms with Crippen molar-refractivity contribution in [2.45, 2.75) is 25.8 Å². The van der Waals surface area contributed by atoms with E-state index in [-0.39, 0.29) is 11.6 Å². The van der Waals surface area contributed by atoms with Crippen molar-refractivity contribution in [3.8, 4) is 0 Å². The van der Waals surface area contributed by atoms with Crippen molar-refractivity contribution in [3.05, 3.63) is 10.9 Å². The molecule has 1 saturated heterocycles. The summed E-state index contributed by atoms with van der Waals surface area (Å²) >= 11 is 3.14. The highest BCUT2D eigenvalue weighted by atomic mass is 32.1. The Morgan fingerprint density at radius 1 is 1.53 bits per heavy atom. The number of hydrogen-bond acceptors (Lipinski definition) is 5. The Balaban J connectivity index is 1.66. The summed E-state index contributed by atoms with van der Waals surface area (Å²) in [6.07, 6.45) is 0.840. The number of nitrogens with one attached hydrogen (secondary N) is 2. The Kier molecular flexibility index (Phi) is 3.20. The summed E-state index contributed by atoms with van der Waals surface area (Å²) in [7, 11) is 0. The molecule has 1 aliphatic rings. The van der Waals surface area contributed by atoms with Gasteiger partial charge in [0.15, 0.2) is 5.13 Å². The van der Waals surface area contributed by atoms with Crippen molar-refractivity contribution in [2.24, 2.45) is 0 Å². The first-order valence-corrected chi connectivity index (χ1v) is 7.71. The molecule has 1 atom stereocenters. The van der Waals surface area contributed by atoms with Crippen LogP contribution < -0.4 is 10.6 Å². The number of aryl methyl sites for hydroxylation is 1. The largest absolute Gasteiger partial charge is 0.379 e. The summed E-state index contributed by atoms with van der Waals surface area (Å²) in [6.45, 7) is 5.30. The number of thiazole rings is 1. The smallest absolute Gasteiger partial charge is 0.321 e. The quantitative estimate of drug-likeness (QED) is 0.895. The number of amides is 2. The standard InChI is InChI=1S/C12H15N3O2S2/c1-7-5-8-9(18-7)13-11(19-8)14-10(16)15-12(2)3-4-17-6-12/h5H,3-4,6H2,1-2H3,(H2,13,14,15,16)/t12-/m1/s1. The molecule has 0 aliphatic carbocycles. The number of aromatic nitrogens is 1. The Labute approximate surface area is 119 Å². The predicted octanol–water partition coefficient (Wildman–Crippen LogP) is 2.97. The van der Waals surface area contributed by atoms with Gasteiger partial charge in [0, 0.05) is 11.5 Å². The zero-order chi connectivity index (χ0) is 13.5. The van der Waals surface area contributed by atoms with E-state index in [0.717, 1.165) is 16.0 Å². The van der Waals surface area contributed by atoms with Gasteiger partial charge >= 0.3 is 6.03 Å². The summed E-state index contributed by atoms with van der Waals surface area (Å²) in [5, 5.41) is 6.38. The minimum atomic E-state index is -0.269. The number of carbonyl (C=O) groups excluding carboxylic acids is 1. The lowest BCUT2D eigenvalue weighted by atomic mass is 10.0. The van der Waals surface area contributed by atoms with Crippen LogP contribution in [-0.4, -0.2) is 29.8 Å². The third-order valence-corrected chi connectivity index (χ3v) is 5.06. The number of thiophene rings is 1. The number of hydrogen-bond donors (Lipinski definition) is 2. The van der Waals surface area contributed by atoms with Crippen molar-refractivity contribution in [3.63, 3.8) is 0 Å². The number of anilines is 1. The van der Waals surface area contributed by atoms with Crippen LogP contribution in [0, 0.1) is 6.92 Å². The lowest BCUT2D eigenvalue weighted by Gasteiger charge is -2.23. The topological polar surface area (TPSA) is 63.2 Å². The molecule has 5 nitrogen and oxygen atoms in total. The Morgan fingerprint density at radius 2 is 2.37 bits per heavy atom. The highest BCUT2D eigenvalue weighted by Crippen LogP contribution is 2.32. The van der Waals surface area contributed by atoms with Crippen LogP contribution in [0.5, 0.6) is 0 Å². The number of ether oxygens (including phenoxy) is 1. The third-order valence-electron chi connectivity index (χ3n) is 3.07. The summed E-state index contributed by atoms with van der Waals surface area (Å²) in [6, 6.07) is 1.87. The second-order valence-electron chi connectivity index (χ2n) is 4.99. The van der Waals surface area contributed by atoms with Crippen LogP contribution >= 0.6 is 22.7 Å². The third kappa shape index (κ3) is 2.72. The van der Waals surface area contributed by atoms with Gasteiger partial charge in [-0.15, -0.1) is 11.3 Å². The fourth-order valence-corrected chi connectivity index (χ4v) is 4.09. The first kappa shape index (κ1) is 12.8. The van der Waals surface area contributed by atoms with Gasteiger partial charge in [-0.3, -0.25) is 5.32 Å². The molecule has 7 heteroatoms. The van der Waals surface area contributed by atoms with E-state index in [1.165, 1.54) is 16.2 Å². The van der Waals surface area contributed by atoms with Crippen molar-refractivity contribution in [2.75, 3.05) is 18.5 Å². The summed E-state index contributed by atoms with van der Waals surface area (Å²) in [5.74, 6) is 0. The van der Waals surface area contributed by atoms with Crippen molar-refractivity contribution >= 4 is 43.4 Å². The molecule has 0 bridgehead atoms. The molecule has 2 N–H and O–H groups in total. The first-order valence-electron chi connectivity index (χ1n) is 6.08. The number of fused-ring (bicyclic) bond motifs is 1. The summed E-state index contributed by atoms with van der Waals surface area (Å²) in [5.41, 5.74) is -0.269. The molecule has 0 unspecified atom stereocenters. The number of urea groups is 1. The van der Waals surface area contributed by atoms with E-state index in [1.54, 1.807) is 11.3 Å². The zero-order valence-electron chi connectivity index (χ0n) is 10.8. The van der Waals surface area contributed by atoms with E-state index < -0.39 is 0 Å². The van der Waals surface area contributed by atoms with Crippen LogP contribution in [0.3, 0.4) is 0 Å². The van der Waals surface area contributed by atoms with Crippen LogP contribution in [-0.2, 0) is 4.74 Å². The minimum absolute atomic E-state index is 0.217. The Bertz CT molecular complexity index is 582. The molecule has 2 aromatic rings. The van der Waals surface area contributed by atoms with Gasteiger partial charge in [0.2, 0.25) is 0 Å². The molecular formula is C12H15N3O2S2. The maximum atomic E-state index is 11.9. The molecule has 19 heavy (non-hydrogen) atoms. The van der Waals surface area contributed by atoms with E-state index >= 15 is 0 Å². The second-order valence-corrected chi connectivity index (χ2v) is 7.25.